The van der Waals surface area contributed by atoms with Crippen LogP contribution in [0.2, 0.25) is 0 Å². The van der Waals surface area contributed by atoms with Gasteiger partial charge in [0.2, 0.25) is 0 Å². The first kappa shape index (κ1) is 15.8. The highest BCUT2D eigenvalue weighted by molar-refractivity contribution is 7.17. The number of hydrogen-bond acceptors (Lipinski definition) is 2. The zero-order valence-electron chi connectivity index (χ0n) is 13.8. The molecule has 1 amide bonds. The van der Waals surface area contributed by atoms with E-state index in [0.29, 0.717) is 19.0 Å². The molecule has 0 saturated heterocycles. The summed E-state index contributed by atoms with van der Waals surface area (Å²) in [6.45, 7) is 7.71. The van der Waals surface area contributed by atoms with Crippen LogP contribution in [0, 0.1) is 12.8 Å². The fourth-order valence-electron chi connectivity index (χ4n) is 2.72. The van der Waals surface area contributed by atoms with E-state index >= 15 is 0 Å². The number of thiophene rings is 1. The number of aryl methyl sites for hydroxylation is 1. The SMILES string of the molecule is Cc1cccc(Cn2c(C(=O)NCC(C)C)cc3sccc32)c1. The van der Waals surface area contributed by atoms with Crippen LogP contribution in [0.25, 0.3) is 10.2 Å². The van der Waals surface area contributed by atoms with E-state index in [1.165, 1.54) is 11.1 Å². The Labute approximate surface area is 140 Å². The van der Waals surface area contributed by atoms with E-state index in [-0.39, 0.29) is 5.91 Å². The van der Waals surface area contributed by atoms with Gasteiger partial charge in [-0.15, -0.1) is 11.3 Å². The van der Waals surface area contributed by atoms with Crippen molar-refractivity contribution in [2.45, 2.75) is 27.3 Å². The summed E-state index contributed by atoms with van der Waals surface area (Å²) >= 11 is 1.68. The minimum absolute atomic E-state index is 0.00903. The van der Waals surface area contributed by atoms with Crippen molar-refractivity contribution in [1.29, 1.82) is 0 Å². The van der Waals surface area contributed by atoms with Crippen LogP contribution >= 0.6 is 11.3 Å². The molecular weight excluding hydrogens is 304 g/mol. The molecular formula is C19H22N2OS. The zero-order valence-corrected chi connectivity index (χ0v) is 14.6. The monoisotopic (exact) mass is 326 g/mol. The van der Waals surface area contributed by atoms with Crippen molar-refractivity contribution in [2.75, 3.05) is 6.54 Å². The molecule has 0 aliphatic rings. The molecule has 0 saturated carbocycles. The number of benzene rings is 1. The molecule has 0 aliphatic heterocycles. The summed E-state index contributed by atoms with van der Waals surface area (Å²) in [5, 5.41) is 5.11. The Morgan fingerprint density at radius 3 is 2.83 bits per heavy atom. The van der Waals surface area contributed by atoms with E-state index in [1.807, 2.05) is 6.07 Å². The molecule has 0 aliphatic carbocycles. The van der Waals surface area contributed by atoms with Crippen molar-refractivity contribution in [3.05, 3.63) is 58.6 Å². The quantitative estimate of drug-likeness (QED) is 0.738. The van der Waals surface area contributed by atoms with Crippen molar-refractivity contribution >= 4 is 27.5 Å². The number of aromatic nitrogens is 1. The molecule has 2 aromatic heterocycles. The number of fused-ring (bicyclic) bond motifs is 1. The largest absolute Gasteiger partial charge is 0.351 e. The molecule has 23 heavy (non-hydrogen) atoms. The van der Waals surface area contributed by atoms with E-state index in [2.05, 4.69) is 66.4 Å². The topological polar surface area (TPSA) is 34.0 Å². The predicted molar refractivity (Wildman–Crippen MR) is 97.3 cm³/mol. The van der Waals surface area contributed by atoms with Gasteiger partial charge in [0.15, 0.2) is 0 Å². The molecule has 3 rings (SSSR count). The van der Waals surface area contributed by atoms with E-state index in [4.69, 9.17) is 0 Å². The van der Waals surface area contributed by atoms with Crippen LogP contribution in [0.5, 0.6) is 0 Å². The third-order valence-electron chi connectivity index (χ3n) is 3.85. The smallest absolute Gasteiger partial charge is 0.267 e. The Morgan fingerprint density at radius 1 is 1.26 bits per heavy atom. The van der Waals surface area contributed by atoms with Gasteiger partial charge in [-0.2, -0.15) is 0 Å². The van der Waals surface area contributed by atoms with Gasteiger partial charge < -0.3 is 9.88 Å². The zero-order chi connectivity index (χ0) is 16.4. The summed E-state index contributed by atoms with van der Waals surface area (Å²) in [6.07, 6.45) is 0. The first-order valence-corrected chi connectivity index (χ1v) is 8.83. The van der Waals surface area contributed by atoms with Crippen molar-refractivity contribution in [2.24, 2.45) is 5.92 Å². The second kappa shape index (κ2) is 6.59. The van der Waals surface area contributed by atoms with E-state index in [9.17, 15) is 4.79 Å². The third kappa shape index (κ3) is 3.48. The first-order chi connectivity index (χ1) is 11.0. The summed E-state index contributed by atoms with van der Waals surface area (Å²) in [4.78, 5) is 12.6. The van der Waals surface area contributed by atoms with Crippen LogP contribution < -0.4 is 5.32 Å². The minimum Gasteiger partial charge on any atom is -0.351 e. The van der Waals surface area contributed by atoms with Crippen molar-refractivity contribution in [3.63, 3.8) is 0 Å². The van der Waals surface area contributed by atoms with Crippen molar-refractivity contribution in [3.8, 4) is 0 Å². The number of nitrogens with zero attached hydrogens (tertiary/aromatic N) is 1. The maximum absolute atomic E-state index is 12.6. The first-order valence-electron chi connectivity index (χ1n) is 7.95. The third-order valence-corrected chi connectivity index (χ3v) is 4.70. The number of hydrogen-bond donors (Lipinski definition) is 1. The highest BCUT2D eigenvalue weighted by Crippen LogP contribution is 2.26. The Balaban J connectivity index is 1.95. The molecule has 0 spiro atoms. The molecule has 4 heteroatoms. The fourth-order valence-corrected chi connectivity index (χ4v) is 3.54. The molecule has 3 aromatic rings. The van der Waals surface area contributed by atoms with Gasteiger partial charge >= 0.3 is 0 Å². The van der Waals surface area contributed by atoms with Gasteiger partial charge in [-0.1, -0.05) is 43.7 Å². The summed E-state index contributed by atoms with van der Waals surface area (Å²) in [6, 6.07) is 12.5. The summed E-state index contributed by atoms with van der Waals surface area (Å²) < 4.78 is 3.28. The molecule has 1 aromatic carbocycles. The van der Waals surface area contributed by atoms with Gasteiger partial charge in [0.05, 0.1) is 10.2 Å². The molecule has 2 heterocycles. The number of nitrogens with one attached hydrogen (secondary N) is 1. The van der Waals surface area contributed by atoms with Crippen LogP contribution in [0.4, 0.5) is 0 Å². The Hall–Kier alpha value is -2.07. The molecule has 0 fully saturated rings. The lowest BCUT2D eigenvalue weighted by molar-refractivity contribution is 0.0940. The number of amides is 1. The standard InChI is InChI=1S/C19H22N2OS/c1-13(2)11-20-19(22)17-10-18-16(7-8-23-18)21(17)12-15-6-4-5-14(3)9-15/h4-10,13H,11-12H2,1-3H3,(H,20,22). The van der Waals surface area contributed by atoms with Crippen LogP contribution in [-0.2, 0) is 6.54 Å². The molecule has 0 unspecified atom stereocenters. The summed E-state index contributed by atoms with van der Waals surface area (Å²) in [5.74, 6) is 0.454. The van der Waals surface area contributed by atoms with Crippen LogP contribution in [-0.4, -0.2) is 17.0 Å². The molecule has 3 nitrogen and oxygen atoms in total. The van der Waals surface area contributed by atoms with Gasteiger partial charge in [0.25, 0.3) is 5.91 Å². The van der Waals surface area contributed by atoms with Crippen molar-refractivity contribution < 1.29 is 4.79 Å². The van der Waals surface area contributed by atoms with Gasteiger partial charge in [-0.25, -0.2) is 0 Å². The van der Waals surface area contributed by atoms with Gasteiger partial charge in [-0.3, -0.25) is 4.79 Å². The van der Waals surface area contributed by atoms with Gasteiger partial charge in [0.1, 0.15) is 5.69 Å². The lowest BCUT2D eigenvalue weighted by Crippen LogP contribution is -2.29. The highest BCUT2D eigenvalue weighted by Gasteiger charge is 2.16. The Bertz CT molecular complexity index is 829. The van der Waals surface area contributed by atoms with E-state index in [1.54, 1.807) is 11.3 Å². The molecule has 0 radical (unpaired) electrons. The molecule has 1 N–H and O–H groups in total. The minimum atomic E-state index is 0.00903. The molecule has 0 bridgehead atoms. The van der Waals surface area contributed by atoms with Crippen LogP contribution in [0.15, 0.2) is 41.8 Å². The number of carbonyl (C=O) groups excluding carboxylic acids is 1. The fraction of sp³-hybridized carbons (Fsp3) is 0.316. The molecule has 0 atom stereocenters. The second-order valence-corrected chi connectivity index (χ2v) is 7.33. The normalized spacial score (nSPS) is 11.3. The Kier molecular flexibility index (Phi) is 4.53. The van der Waals surface area contributed by atoms with Crippen LogP contribution in [0.1, 0.15) is 35.5 Å². The maximum Gasteiger partial charge on any atom is 0.267 e. The lowest BCUT2D eigenvalue weighted by atomic mass is 10.1. The van der Waals surface area contributed by atoms with E-state index in [0.717, 1.165) is 15.9 Å². The van der Waals surface area contributed by atoms with Crippen molar-refractivity contribution in [1.82, 2.24) is 9.88 Å². The van der Waals surface area contributed by atoms with Gasteiger partial charge in [-0.05, 0) is 35.9 Å². The number of rotatable bonds is 5. The summed E-state index contributed by atoms with van der Waals surface area (Å²) in [5.41, 5.74) is 4.33. The lowest BCUT2D eigenvalue weighted by Gasteiger charge is -2.12. The van der Waals surface area contributed by atoms with Gasteiger partial charge in [0, 0.05) is 13.1 Å². The average molecular weight is 326 g/mol. The highest BCUT2D eigenvalue weighted by atomic mass is 32.1. The van der Waals surface area contributed by atoms with Crippen LogP contribution in [0.3, 0.4) is 0 Å². The number of carbonyl (C=O) groups is 1. The maximum atomic E-state index is 12.6. The van der Waals surface area contributed by atoms with E-state index < -0.39 is 0 Å². The summed E-state index contributed by atoms with van der Waals surface area (Å²) in [7, 11) is 0. The second-order valence-electron chi connectivity index (χ2n) is 6.38. The average Bonchev–Trinajstić information content (AvgIpc) is 3.07. The predicted octanol–water partition coefficient (Wildman–Crippen LogP) is 4.45. The Morgan fingerprint density at radius 2 is 2.09 bits per heavy atom. The molecule has 120 valence electrons.